The zero-order valence-electron chi connectivity index (χ0n) is 35.3. The number of allylic oxidation sites excluding steroid dienone is 12. The molecular formula is C45H77O12P. The molecule has 0 spiro atoms. The predicted octanol–water partition coefficient (Wildman–Crippen LogP) is 8.41. The van der Waals surface area contributed by atoms with Crippen LogP contribution in [0.15, 0.2) is 72.9 Å². The van der Waals surface area contributed by atoms with E-state index in [1.54, 1.807) is 0 Å². The van der Waals surface area contributed by atoms with Crippen molar-refractivity contribution in [2.24, 2.45) is 0 Å². The summed E-state index contributed by atoms with van der Waals surface area (Å²) in [4.78, 5) is 23.1. The minimum absolute atomic E-state index is 0.0994. The third-order valence-corrected chi connectivity index (χ3v) is 10.5. The van der Waals surface area contributed by atoms with Gasteiger partial charge in [-0.3, -0.25) is 13.8 Å². The Balaban J connectivity index is 2.45. The lowest BCUT2D eigenvalue weighted by atomic mass is 9.85. The van der Waals surface area contributed by atoms with Gasteiger partial charge in [0.15, 0.2) is 0 Å². The molecule has 12 nitrogen and oxygen atoms in total. The molecule has 1 aliphatic carbocycles. The van der Waals surface area contributed by atoms with Gasteiger partial charge in [0.2, 0.25) is 0 Å². The van der Waals surface area contributed by atoms with Crippen LogP contribution in [0.5, 0.6) is 0 Å². The molecule has 334 valence electrons. The summed E-state index contributed by atoms with van der Waals surface area (Å²) < 4.78 is 34.1. The fraction of sp³-hybridized carbons (Fsp3) is 0.711. The third-order valence-electron chi connectivity index (χ3n) is 9.54. The van der Waals surface area contributed by atoms with Crippen LogP contribution in [0.2, 0.25) is 0 Å². The van der Waals surface area contributed by atoms with Crippen LogP contribution in [0.4, 0.5) is 0 Å². The van der Waals surface area contributed by atoms with Crippen molar-refractivity contribution in [3.63, 3.8) is 0 Å². The standard InChI is InChI=1S/C45H77O12P/c1-3-5-7-9-11-13-15-17-18-19-20-21-23-25-27-29-31-33-35-54-36-38(37-55-58(52,53)57-45-43(50)41(48)40(47)42(49)44(45)51)56-39(46)34-32-30-28-26-24-22-16-14-12-10-8-6-4-2/h5,7-8,10-11,13-14,16-18,20-21,38,40-45,47-51H,3-4,6,9,12,15,19,22-37H2,1-2H3,(H,52,53)/b7-5-,10-8-,13-11-,16-14-,18-17-,21-20-. The Labute approximate surface area is 349 Å². The van der Waals surface area contributed by atoms with Gasteiger partial charge in [-0.2, -0.15) is 0 Å². The van der Waals surface area contributed by atoms with E-state index < -0.39 is 63.1 Å². The molecule has 0 aromatic carbocycles. The molecule has 13 heteroatoms. The summed E-state index contributed by atoms with van der Waals surface area (Å²) in [6.07, 6.45) is 32.6. The van der Waals surface area contributed by atoms with Crippen molar-refractivity contribution < 1.29 is 58.3 Å². The average molecular weight is 841 g/mol. The van der Waals surface area contributed by atoms with Crippen LogP contribution in [-0.2, 0) is 27.9 Å². The molecule has 0 heterocycles. The lowest BCUT2D eigenvalue weighted by Gasteiger charge is -2.41. The molecule has 1 aliphatic rings. The van der Waals surface area contributed by atoms with Gasteiger partial charge in [0, 0.05) is 13.0 Å². The average Bonchev–Trinajstić information content (AvgIpc) is 3.21. The van der Waals surface area contributed by atoms with Gasteiger partial charge in [0.25, 0.3) is 0 Å². The van der Waals surface area contributed by atoms with E-state index in [2.05, 4.69) is 86.8 Å². The van der Waals surface area contributed by atoms with Gasteiger partial charge in [-0.15, -0.1) is 0 Å². The largest absolute Gasteiger partial charge is 0.472 e. The normalized spacial score (nSPS) is 23.4. The highest BCUT2D eigenvalue weighted by Crippen LogP contribution is 2.47. The summed E-state index contributed by atoms with van der Waals surface area (Å²) >= 11 is 0. The number of aliphatic hydroxyl groups is 5. The van der Waals surface area contributed by atoms with Crippen LogP contribution in [0.3, 0.4) is 0 Å². The maximum absolute atomic E-state index is 12.8. The monoisotopic (exact) mass is 841 g/mol. The van der Waals surface area contributed by atoms with Gasteiger partial charge in [0.05, 0.1) is 13.2 Å². The first-order valence-electron chi connectivity index (χ1n) is 21.8. The summed E-state index contributed by atoms with van der Waals surface area (Å²) in [5, 5.41) is 50.1. The van der Waals surface area contributed by atoms with Crippen molar-refractivity contribution in [3.05, 3.63) is 72.9 Å². The Morgan fingerprint density at radius 2 is 1.02 bits per heavy atom. The third kappa shape index (κ3) is 27.5. The van der Waals surface area contributed by atoms with Crippen LogP contribution in [0.25, 0.3) is 0 Å². The first kappa shape index (κ1) is 53.8. The Morgan fingerprint density at radius 1 is 0.569 bits per heavy atom. The van der Waals surface area contributed by atoms with Crippen LogP contribution < -0.4 is 0 Å². The van der Waals surface area contributed by atoms with Gasteiger partial charge in [-0.1, -0.05) is 132 Å². The summed E-state index contributed by atoms with van der Waals surface area (Å²) in [5.74, 6) is -0.503. The Hall–Kier alpha value is -2.22. The number of ether oxygens (including phenoxy) is 2. The molecule has 0 aromatic heterocycles. The van der Waals surface area contributed by atoms with Gasteiger partial charge >= 0.3 is 13.8 Å². The fourth-order valence-corrected chi connectivity index (χ4v) is 7.06. The van der Waals surface area contributed by atoms with Crippen molar-refractivity contribution in [1.29, 1.82) is 0 Å². The number of hydrogen-bond donors (Lipinski definition) is 6. The van der Waals surface area contributed by atoms with Crippen LogP contribution in [0, 0.1) is 0 Å². The highest BCUT2D eigenvalue weighted by atomic mass is 31.2. The zero-order chi connectivity index (χ0) is 42.7. The molecule has 1 rings (SSSR count). The topological polar surface area (TPSA) is 192 Å². The molecule has 0 saturated heterocycles. The molecule has 6 unspecified atom stereocenters. The number of phosphoric ester groups is 1. The number of esters is 1. The quantitative estimate of drug-likeness (QED) is 0.0155. The minimum atomic E-state index is -5.03. The van der Waals surface area contributed by atoms with Crippen LogP contribution in [0.1, 0.15) is 142 Å². The molecule has 0 bridgehead atoms. The van der Waals surface area contributed by atoms with Crippen molar-refractivity contribution in [2.75, 3.05) is 19.8 Å². The van der Waals surface area contributed by atoms with E-state index in [-0.39, 0.29) is 13.0 Å². The van der Waals surface area contributed by atoms with Crippen LogP contribution >= 0.6 is 7.82 Å². The lowest BCUT2D eigenvalue weighted by molar-refractivity contribution is -0.220. The van der Waals surface area contributed by atoms with Gasteiger partial charge in [-0.25, -0.2) is 4.57 Å². The molecule has 0 amide bonds. The van der Waals surface area contributed by atoms with Crippen LogP contribution in [-0.4, -0.2) is 98.9 Å². The second-order valence-electron chi connectivity index (χ2n) is 14.8. The highest BCUT2D eigenvalue weighted by Gasteiger charge is 2.51. The second kappa shape index (κ2) is 35.5. The number of carbonyl (C=O) groups excluding carboxylic acids is 1. The number of aliphatic hydroxyl groups excluding tert-OH is 5. The minimum Gasteiger partial charge on any atom is -0.457 e. The summed E-state index contributed by atoms with van der Waals surface area (Å²) in [7, 11) is -5.03. The van der Waals surface area contributed by atoms with Crippen molar-refractivity contribution in [3.8, 4) is 0 Å². The van der Waals surface area contributed by atoms with E-state index in [9.17, 15) is 39.8 Å². The van der Waals surface area contributed by atoms with E-state index >= 15 is 0 Å². The number of rotatable bonds is 35. The fourth-order valence-electron chi connectivity index (χ4n) is 6.09. The Bertz CT molecular complexity index is 1230. The van der Waals surface area contributed by atoms with E-state index in [1.165, 1.54) is 0 Å². The lowest BCUT2D eigenvalue weighted by Crippen LogP contribution is -2.64. The summed E-state index contributed by atoms with van der Waals surface area (Å²) in [6, 6.07) is 0. The molecule has 0 radical (unpaired) electrons. The highest BCUT2D eigenvalue weighted by molar-refractivity contribution is 7.47. The SMILES string of the molecule is CC/C=C\C/C=C\C/C=C\C/C=C\CCCCCCCOCC(COP(=O)(O)OC1C(O)C(O)C(O)C(O)C1O)OC(=O)CCCCCCC/C=C\C/C=C\CCC. The van der Waals surface area contributed by atoms with E-state index in [1.807, 2.05) is 0 Å². The second-order valence-corrected chi connectivity index (χ2v) is 16.2. The molecule has 1 fully saturated rings. The molecule has 0 aliphatic heterocycles. The maximum Gasteiger partial charge on any atom is 0.472 e. The van der Waals surface area contributed by atoms with Gasteiger partial charge < -0.3 is 39.9 Å². The van der Waals surface area contributed by atoms with E-state index in [0.29, 0.717) is 13.0 Å². The van der Waals surface area contributed by atoms with Crippen molar-refractivity contribution in [2.45, 2.75) is 185 Å². The zero-order valence-corrected chi connectivity index (χ0v) is 36.2. The Kier molecular flexibility index (Phi) is 33.0. The van der Waals surface area contributed by atoms with E-state index in [0.717, 1.165) is 116 Å². The van der Waals surface area contributed by atoms with E-state index in [4.69, 9.17) is 18.5 Å². The first-order chi connectivity index (χ1) is 28.0. The predicted molar refractivity (Wildman–Crippen MR) is 230 cm³/mol. The molecule has 6 atom stereocenters. The van der Waals surface area contributed by atoms with Crippen molar-refractivity contribution in [1.82, 2.24) is 0 Å². The number of phosphoric acid groups is 1. The smallest absolute Gasteiger partial charge is 0.457 e. The molecular weight excluding hydrogens is 763 g/mol. The molecule has 58 heavy (non-hydrogen) atoms. The van der Waals surface area contributed by atoms with Crippen molar-refractivity contribution >= 4 is 13.8 Å². The molecule has 0 aromatic rings. The van der Waals surface area contributed by atoms with Gasteiger partial charge in [-0.05, 0) is 77.0 Å². The maximum atomic E-state index is 12.8. The molecule has 6 N–H and O–H groups in total. The number of carbonyl (C=O) groups is 1. The number of unbranched alkanes of at least 4 members (excludes halogenated alkanes) is 11. The summed E-state index contributed by atoms with van der Waals surface area (Å²) in [5.41, 5.74) is 0. The Morgan fingerprint density at radius 3 is 1.55 bits per heavy atom. The van der Waals surface area contributed by atoms with Gasteiger partial charge in [0.1, 0.15) is 42.7 Å². The summed E-state index contributed by atoms with van der Waals surface area (Å²) in [6.45, 7) is 4.00. The molecule has 1 saturated carbocycles. The first-order valence-corrected chi connectivity index (χ1v) is 23.3. The number of hydrogen-bond acceptors (Lipinski definition) is 11.